The van der Waals surface area contributed by atoms with Gasteiger partial charge in [0.25, 0.3) is 0 Å². The maximum atomic E-state index is 12.5. The number of rotatable bonds is 7. The van der Waals surface area contributed by atoms with E-state index >= 15 is 0 Å². The van der Waals surface area contributed by atoms with Gasteiger partial charge in [-0.05, 0) is 24.6 Å². The molecule has 0 saturated carbocycles. The predicted molar refractivity (Wildman–Crippen MR) is 94.4 cm³/mol. The number of amides is 2. The molecule has 1 aromatic rings. The lowest BCUT2D eigenvalue weighted by molar-refractivity contribution is -0.139. The number of hydrogen-bond donors (Lipinski definition) is 2. The van der Waals surface area contributed by atoms with Gasteiger partial charge in [-0.25, -0.2) is 9.59 Å². The highest BCUT2D eigenvalue weighted by Gasteiger charge is 2.33. The second-order valence-electron chi connectivity index (χ2n) is 5.57. The minimum absolute atomic E-state index is 0.0396. The van der Waals surface area contributed by atoms with E-state index in [1.165, 1.54) is 21.3 Å². The van der Waals surface area contributed by atoms with Crippen LogP contribution in [-0.2, 0) is 9.53 Å². The summed E-state index contributed by atoms with van der Waals surface area (Å²) < 4.78 is 21.1. The molecule has 0 fully saturated rings. The van der Waals surface area contributed by atoms with Gasteiger partial charge in [-0.2, -0.15) is 5.26 Å². The summed E-state index contributed by atoms with van der Waals surface area (Å²) in [5.74, 6) is 0.529. The van der Waals surface area contributed by atoms with Gasteiger partial charge >= 0.3 is 12.0 Å². The SMILES string of the molecule is COc1cc([C@@H]2NC(=O)NC(C)=C2C(=O)OCCC#N)cc(OC)c1OC. The fourth-order valence-corrected chi connectivity index (χ4v) is 2.75. The third-order valence-electron chi connectivity index (χ3n) is 3.96. The zero-order valence-electron chi connectivity index (χ0n) is 15.5. The van der Waals surface area contributed by atoms with Crippen LogP contribution in [0.25, 0.3) is 0 Å². The van der Waals surface area contributed by atoms with Gasteiger partial charge in [0.2, 0.25) is 5.75 Å². The number of esters is 1. The van der Waals surface area contributed by atoms with Gasteiger partial charge in [0.05, 0.1) is 45.4 Å². The van der Waals surface area contributed by atoms with Gasteiger partial charge < -0.3 is 29.6 Å². The molecule has 2 amide bonds. The minimum atomic E-state index is -0.790. The monoisotopic (exact) mass is 375 g/mol. The summed E-state index contributed by atoms with van der Waals surface area (Å²) in [6.45, 7) is 1.56. The molecule has 1 heterocycles. The van der Waals surface area contributed by atoms with E-state index in [0.29, 0.717) is 28.5 Å². The molecule has 144 valence electrons. The van der Waals surface area contributed by atoms with Crippen LogP contribution in [0.2, 0.25) is 0 Å². The Hall–Kier alpha value is -3.41. The highest BCUT2D eigenvalue weighted by Crippen LogP contribution is 2.41. The van der Waals surface area contributed by atoms with E-state index in [2.05, 4.69) is 10.6 Å². The number of ether oxygens (including phenoxy) is 4. The zero-order valence-corrected chi connectivity index (χ0v) is 15.5. The summed E-state index contributed by atoms with van der Waals surface area (Å²) in [4.78, 5) is 24.5. The Bertz CT molecular complexity index is 787. The average molecular weight is 375 g/mol. The molecular formula is C18H21N3O6. The normalized spacial score (nSPS) is 16.0. The van der Waals surface area contributed by atoms with Crippen molar-refractivity contribution in [3.63, 3.8) is 0 Å². The number of urea groups is 1. The third-order valence-corrected chi connectivity index (χ3v) is 3.96. The van der Waals surface area contributed by atoms with Gasteiger partial charge in [-0.3, -0.25) is 0 Å². The van der Waals surface area contributed by atoms with Crippen LogP contribution in [0.15, 0.2) is 23.4 Å². The summed E-state index contributed by atoms with van der Waals surface area (Å²) in [5.41, 5.74) is 1.13. The van der Waals surface area contributed by atoms with Crippen LogP contribution in [0, 0.1) is 11.3 Å². The molecule has 0 spiro atoms. The first kappa shape index (κ1) is 19.9. The lowest BCUT2D eigenvalue weighted by Crippen LogP contribution is -2.45. The van der Waals surface area contributed by atoms with Crippen molar-refractivity contribution in [3.8, 4) is 23.3 Å². The number of carbonyl (C=O) groups excluding carboxylic acids is 2. The van der Waals surface area contributed by atoms with E-state index in [9.17, 15) is 9.59 Å². The number of carbonyl (C=O) groups is 2. The van der Waals surface area contributed by atoms with Crippen LogP contribution < -0.4 is 24.8 Å². The van der Waals surface area contributed by atoms with Crippen LogP contribution in [0.1, 0.15) is 24.9 Å². The summed E-state index contributed by atoms with van der Waals surface area (Å²) in [6, 6.07) is 3.95. The molecule has 2 N–H and O–H groups in total. The second kappa shape index (κ2) is 8.80. The Kier molecular flexibility index (Phi) is 6.49. The van der Waals surface area contributed by atoms with Crippen LogP contribution >= 0.6 is 0 Å². The van der Waals surface area contributed by atoms with E-state index < -0.39 is 18.0 Å². The van der Waals surface area contributed by atoms with Gasteiger partial charge in [0, 0.05) is 5.70 Å². The number of nitrogens with zero attached hydrogens (tertiary/aromatic N) is 1. The standard InChI is InChI=1S/C18H21N3O6/c1-10-14(17(22)27-7-5-6-19)15(21-18(23)20-10)11-8-12(24-2)16(26-4)13(9-11)25-3/h8-9,15H,5,7H2,1-4H3,(H2,20,21,23)/t15-/m0/s1. The molecule has 1 aromatic carbocycles. The number of methoxy groups -OCH3 is 3. The van der Waals surface area contributed by atoms with Crippen LogP contribution in [-0.4, -0.2) is 39.9 Å². The molecule has 9 heteroatoms. The second-order valence-corrected chi connectivity index (χ2v) is 5.57. The summed E-state index contributed by atoms with van der Waals surface area (Å²) in [7, 11) is 4.43. The molecule has 9 nitrogen and oxygen atoms in total. The first-order valence-electron chi connectivity index (χ1n) is 8.09. The number of nitriles is 1. The van der Waals surface area contributed by atoms with Gasteiger partial charge in [-0.1, -0.05) is 0 Å². The van der Waals surface area contributed by atoms with E-state index in [0.717, 1.165) is 0 Å². The number of hydrogen-bond acceptors (Lipinski definition) is 7. The van der Waals surface area contributed by atoms with Crippen LogP contribution in [0.4, 0.5) is 4.79 Å². The Labute approximate surface area is 156 Å². The minimum Gasteiger partial charge on any atom is -0.493 e. The fourth-order valence-electron chi connectivity index (χ4n) is 2.75. The van der Waals surface area contributed by atoms with Crippen molar-refractivity contribution in [1.82, 2.24) is 10.6 Å². The topological polar surface area (TPSA) is 119 Å². The van der Waals surface area contributed by atoms with Gasteiger partial charge in [0.15, 0.2) is 11.5 Å². The zero-order chi connectivity index (χ0) is 20.0. The fraction of sp³-hybridized carbons (Fsp3) is 0.389. The smallest absolute Gasteiger partial charge is 0.338 e. The van der Waals surface area contributed by atoms with E-state index in [4.69, 9.17) is 24.2 Å². The highest BCUT2D eigenvalue weighted by atomic mass is 16.5. The van der Waals surface area contributed by atoms with Crippen molar-refractivity contribution in [1.29, 1.82) is 5.26 Å². The quantitative estimate of drug-likeness (QED) is 0.551. The van der Waals surface area contributed by atoms with Crippen LogP contribution in [0.5, 0.6) is 17.2 Å². The highest BCUT2D eigenvalue weighted by molar-refractivity contribution is 5.95. The molecule has 2 rings (SSSR count). The van der Waals surface area contributed by atoms with Crippen molar-refractivity contribution in [3.05, 3.63) is 29.0 Å². The summed E-state index contributed by atoms with van der Waals surface area (Å²) >= 11 is 0. The molecule has 1 atom stereocenters. The molecule has 1 aliphatic heterocycles. The first-order valence-corrected chi connectivity index (χ1v) is 8.09. The van der Waals surface area contributed by atoms with E-state index in [1.807, 2.05) is 6.07 Å². The van der Waals surface area contributed by atoms with Crippen molar-refractivity contribution >= 4 is 12.0 Å². The maximum Gasteiger partial charge on any atom is 0.338 e. The molecule has 27 heavy (non-hydrogen) atoms. The van der Waals surface area contributed by atoms with Gasteiger partial charge in [-0.15, -0.1) is 0 Å². The van der Waals surface area contributed by atoms with Crippen molar-refractivity contribution in [2.24, 2.45) is 0 Å². The lowest BCUT2D eigenvalue weighted by atomic mass is 9.95. The number of allylic oxidation sites excluding steroid dienone is 1. The Morgan fingerprint density at radius 3 is 2.33 bits per heavy atom. The maximum absolute atomic E-state index is 12.5. The van der Waals surface area contributed by atoms with E-state index in [1.54, 1.807) is 19.1 Å². The summed E-state index contributed by atoms with van der Waals surface area (Å²) in [5, 5.41) is 13.9. The first-order chi connectivity index (χ1) is 13.0. The largest absolute Gasteiger partial charge is 0.493 e. The predicted octanol–water partition coefficient (Wildman–Crippen LogP) is 1.80. The molecule has 0 saturated heterocycles. The Balaban J connectivity index is 2.50. The molecule has 0 radical (unpaired) electrons. The molecule has 0 bridgehead atoms. The average Bonchev–Trinajstić information content (AvgIpc) is 2.66. The number of benzene rings is 1. The lowest BCUT2D eigenvalue weighted by Gasteiger charge is -2.28. The molecule has 0 aromatic heterocycles. The van der Waals surface area contributed by atoms with E-state index in [-0.39, 0.29) is 18.6 Å². The molecule has 1 aliphatic rings. The van der Waals surface area contributed by atoms with Crippen molar-refractivity contribution in [2.75, 3.05) is 27.9 Å². The summed E-state index contributed by atoms with van der Waals surface area (Å²) in [6.07, 6.45) is 0.0761. The van der Waals surface area contributed by atoms with Crippen molar-refractivity contribution < 1.29 is 28.5 Å². The van der Waals surface area contributed by atoms with Crippen molar-refractivity contribution in [2.45, 2.75) is 19.4 Å². The molecule has 0 aliphatic carbocycles. The Morgan fingerprint density at radius 2 is 1.81 bits per heavy atom. The molecule has 0 unspecified atom stereocenters. The Morgan fingerprint density at radius 1 is 1.19 bits per heavy atom. The van der Waals surface area contributed by atoms with Gasteiger partial charge in [0.1, 0.15) is 6.61 Å². The third kappa shape index (κ3) is 4.23. The number of nitrogens with one attached hydrogen (secondary N) is 2. The molecular weight excluding hydrogens is 354 g/mol. The van der Waals surface area contributed by atoms with Crippen LogP contribution in [0.3, 0.4) is 0 Å².